The van der Waals surface area contributed by atoms with Gasteiger partial charge < -0.3 is 16.0 Å². The number of nitrogens with one attached hydrogen (secondary N) is 3. The first-order chi connectivity index (χ1) is 12.0. The molecule has 0 aliphatic carbocycles. The fourth-order valence-corrected chi connectivity index (χ4v) is 3.50. The summed E-state index contributed by atoms with van der Waals surface area (Å²) in [5.74, 6) is 0.968. The lowest BCUT2D eigenvalue weighted by molar-refractivity contribution is 0.231. The number of aromatic nitrogens is 2. The lowest BCUT2D eigenvalue weighted by atomic mass is 9.85. The Morgan fingerprint density at radius 1 is 1.32 bits per heavy atom. The number of benzene rings is 1. The fraction of sp³-hybridized carbons (Fsp3) is 0.389. The molecule has 132 valence electrons. The molecule has 0 radical (unpaired) electrons. The van der Waals surface area contributed by atoms with Crippen LogP contribution in [0, 0.1) is 19.3 Å². The molecule has 1 saturated heterocycles. The van der Waals surface area contributed by atoms with Gasteiger partial charge in [-0.2, -0.15) is 0 Å². The van der Waals surface area contributed by atoms with Gasteiger partial charge in [-0.1, -0.05) is 11.6 Å². The summed E-state index contributed by atoms with van der Waals surface area (Å²) in [7, 11) is 0. The molecular formula is C18H21ClFN5. The second kappa shape index (κ2) is 7.45. The van der Waals surface area contributed by atoms with E-state index < -0.39 is 6.17 Å². The summed E-state index contributed by atoms with van der Waals surface area (Å²) in [5.41, 5.74) is 3.41. The van der Waals surface area contributed by atoms with Crippen LogP contribution < -0.4 is 10.6 Å². The van der Waals surface area contributed by atoms with Crippen molar-refractivity contribution < 1.29 is 4.39 Å². The summed E-state index contributed by atoms with van der Waals surface area (Å²) >= 11 is 5.99. The Hall–Kier alpha value is -2.05. The van der Waals surface area contributed by atoms with Crippen LogP contribution >= 0.6 is 11.6 Å². The molecule has 5 nitrogen and oxygen atoms in total. The van der Waals surface area contributed by atoms with Crippen LogP contribution in [0.2, 0.25) is 5.15 Å². The molecular weight excluding hydrogens is 341 g/mol. The van der Waals surface area contributed by atoms with Crippen LogP contribution in [0.4, 0.5) is 15.9 Å². The summed E-state index contributed by atoms with van der Waals surface area (Å²) in [6.07, 6.45) is 1.12. The van der Waals surface area contributed by atoms with E-state index in [1.54, 1.807) is 13.0 Å². The van der Waals surface area contributed by atoms with Gasteiger partial charge in [-0.25, -0.2) is 14.4 Å². The highest BCUT2D eigenvalue weighted by atomic mass is 35.5. The molecule has 2 unspecified atom stereocenters. The van der Waals surface area contributed by atoms with Crippen molar-refractivity contribution in [3.63, 3.8) is 0 Å². The normalized spacial score (nSPS) is 20.3. The van der Waals surface area contributed by atoms with Crippen LogP contribution in [-0.4, -0.2) is 35.4 Å². The number of aryl methyl sites for hydroxylation is 2. The second-order valence-corrected chi connectivity index (χ2v) is 6.69. The second-order valence-electron chi connectivity index (χ2n) is 6.30. The first kappa shape index (κ1) is 17.8. The molecule has 2 atom stereocenters. The molecule has 3 N–H and O–H groups in total. The molecule has 0 saturated carbocycles. The monoisotopic (exact) mass is 361 g/mol. The number of hydrogen-bond acceptors (Lipinski definition) is 5. The molecule has 2 heterocycles. The minimum absolute atomic E-state index is 0.141. The molecule has 0 amide bonds. The lowest BCUT2D eigenvalue weighted by Gasteiger charge is -2.29. The lowest BCUT2D eigenvalue weighted by Crippen LogP contribution is -2.37. The Bertz CT molecular complexity index is 775. The van der Waals surface area contributed by atoms with Gasteiger partial charge in [0.15, 0.2) is 0 Å². The smallest absolute Gasteiger partial charge is 0.135 e. The molecule has 1 fully saturated rings. The first-order valence-corrected chi connectivity index (χ1v) is 8.63. The average molecular weight is 362 g/mol. The number of hydrogen-bond donors (Lipinski definition) is 3. The number of piperidine rings is 1. The highest BCUT2D eigenvalue weighted by molar-refractivity contribution is 6.29. The van der Waals surface area contributed by atoms with Crippen molar-refractivity contribution in [3.05, 3.63) is 45.9 Å². The van der Waals surface area contributed by atoms with Gasteiger partial charge in [0.2, 0.25) is 0 Å². The van der Waals surface area contributed by atoms with E-state index in [0.29, 0.717) is 23.3 Å². The zero-order chi connectivity index (χ0) is 18.0. The van der Waals surface area contributed by atoms with Crippen LogP contribution in [0.3, 0.4) is 0 Å². The van der Waals surface area contributed by atoms with E-state index in [9.17, 15) is 4.39 Å². The van der Waals surface area contributed by atoms with Gasteiger partial charge >= 0.3 is 0 Å². The summed E-state index contributed by atoms with van der Waals surface area (Å²) in [6.45, 7) is 4.91. The van der Waals surface area contributed by atoms with E-state index in [1.807, 2.05) is 19.1 Å². The van der Waals surface area contributed by atoms with Crippen molar-refractivity contribution in [3.8, 4) is 0 Å². The van der Waals surface area contributed by atoms with Crippen molar-refractivity contribution in [2.75, 3.05) is 18.4 Å². The van der Waals surface area contributed by atoms with Crippen LogP contribution in [0.25, 0.3) is 0 Å². The van der Waals surface area contributed by atoms with E-state index in [4.69, 9.17) is 17.0 Å². The van der Waals surface area contributed by atoms with Gasteiger partial charge in [-0.3, -0.25) is 0 Å². The largest absolute Gasteiger partial charge is 0.340 e. The quantitative estimate of drug-likeness (QED) is 0.570. The molecule has 0 spiro atoms. The van der Waals surface area contributed by atoms with Crippen LogP contribution in [0.15, 0.2) is 18.2 Å². The molecule has 25 heavy (non-hydrogen) atoms. The van der Waals surface area contributed by atoms with E-state index in [2.05, 4.69) is 20.6 Å². The van der Waals surface area contributed by atoms with E-state index >= 15 is 0 Å². The summed E-state index contributed by atoms with van der Waals surface area (Å²) in [4.78, 5) is 8.36. The van der Waals surface area contributed by atoms with Crippen LogP contribution in [0.1, 0.15) is 34.9 Å². The Balaban J connectivity index is 1.99. The molecule has 3 rings (SSSR count). The summed E-state index contributed by atoms with van der Waals surface area (Å²) in [6, 6.07) is 5.48. The van der Waals surface area contributed by atoms with Crippen molar-refractivity contribution in [2.24, 2.45) is 0 Å². The predicted molar refractivity (Wildman–Crippen MR) is 99.3 cm³/mol. The molecule has 7 heteroatoms. The van der Waals surface area contributed by atoms with Crippen molar-refractivity contribution in [2.45, 2.75) is 32.4 Å². The third-order valence-corrected chi connectivity index (χ3v) is 4.66. The summed E-state index contributed by atoms with van der Waals surface area (Å²) < 4.78 is 14.4. The Morgan fingerprint density at radius 3 is 2.80 bits per heavy atom. The third kappa shape index (κ3) is 3.96. The number of anilines is 2. The number of halogens is 2. The number of alkyl halides is 1. The SMILES string of the molecule is Cc1nc(Cl)cc(Nc2cc(C3CCNCC3F)c(C)cc2C=N)n1. The maximum absolute atomic E-state index is 14.4. The minimum atomic E-state index is -0.915. The topological polar surface area (TPSA) is 73.7 Å². The highest BCUT2D eigenvalue weighted by Crippen LogP contribution is 2.34. The standard InChI is InChI=1S/C18H21ClFN5/c1-10-5-12(8-21)16(25-18-7-17(19)23-11(2)24-18)6-14(10)13-3-4-22-9-15(13)20/h5-8,13,15,21-22H,3-4,9H2,1-2H3,(H,23,24,25). The van der Waals surface area contributed by atoms with E-state index in [0.717, 1.165) is 35.3 Å². The van der Waals surface area contributed by atoms with Gasteiger partial charge in [0.1, 0.15) is 23.0 Å². The van der Waals surface area contributed by atoms with Gasteiger partial charge in [-0.15, -0.1) is 0 Å². The van der Waals surface area contributed by atoms with Gasteiger partial charge in [0.05, 0.1) is 0 Å². The van der Waals surface area contributed by atoms with Crippen molar-refractivity contribution in [1.82, 2.24) is 15.3 Å². The fourth-order valence-electron chi connectivity index (χ4n) is 3.28. The maximum Gasteiger partial charge on any atom is 0.135 e. The minimum Gasteiger partial charge on any atom is -0.340 e. The number of rotatable bonds is 4. The zero-order valence-corrected chi connectivity index (χ0v) is 15.0. The number of nitrogens with zero attached hydrogens (tertiary/aromatic N) is 2. The predicted octanol–water partition coefficient (Wildman–Crippen LogP) is 3.90. The van der Waals surface area contributed by atoms with Crippen LogP contribution in [-0.2, 0) is 0 Å². The van der Waals surface area contributed by atoms with Crippen LogP contribution in [0.5, 0.6) is 0 Å². The molecule has 2 aromatic rings. The van der Waals surface area contributed by atoms with Gasteiger partial charge in [0, 0.05) is 36.0 Å². The molecule has 1 aliphatic rings. The Kier molecular flexibility index (Phi) is 5.30. The van der Waals surface area contributed by atoms with E-state index in [-0.39, 0.29) is 5.92 Å². The third-order valence-electron chi connectivity index (χ3n) is 4.47. The maximum atomic E-state index is 14.4. The highest BCUT2D eigenvalue weighted by Gasteiger charge is 2.27. The average Bonchev–Trinajstić information content (AvgIpc) is 2.56. The molecule has 1 aromatic heterocycles. The molecule has 1 aromatic carbocycles. The zero-order valence-electron chi connectivity index (χ0n) is 14.2. The summed E-state index contributed by atoms with van der Waals surface area (Å²) in [5, 5.41) is 14.3. The molecule has 1 aliphatic heterocycles. The van der Waals surface area contributed by atoms with Crippen molar-refractivity contribution >= 4 is 29.3 Å². The van der Waals surface area contributed by atoms with E-state index in [1.165, 1.54) is 6.21 Å². The Labute approximate surface area is 151 Å². The van der Waals surface area contributed by atoms with Gasteiger partial charge in [-0.05, 0) is 50.1 Å². The Morgan fingerprint density at radius 2 is 2.12 bits per heavy atom. The first-order valence-electron chi connectivity index (χ1n) is 8.26. The molecule has 0 bridgehead atoms. The van der Waals surface area contributed by atoms with Crippen molar-refractivity contribution in [1.29, 1.82) is 5.41 Å². The van der Waals surface area contributed by atoms with Gasteiger partial charge in [0.25, 0.3) is 0 Å².